The van der Waals surface area contributed by atoms with Gasteiger partial charge in [0, 0.05) is 25.6 Å². The molecule has 1 aromatic heterocycles. The minimum absolute atomic E-state index is 0.223. The van der Waals surface area contributed by atoms with Crippen LogP contribution in [0.3, 0.4) is 0 Å². The van der Waals surface area contributed by atoms with Gasteiger partial charge in [-0.15, -0.1) is 0 Å². The Bertz CT molecular complexity index is 746. The summed E-state index contributed by atoms with van der Waals surface area (Å²) in [7, 11) is 0. The van der Waals surface area contributed by atoms with Crippen LogP contribution in [0.25, 0.3) is 0 Å². The molecular weight excluding hydrogens is 292 g/mol. The lowest BCUT2D eigenvalue weighted by Crippen LogP contribution is -2.30. The number of nitrogens with one attached hydrogen (secondary N) is 1. The van der Waals surface area contributed by atoms with Crippen LogP contribution >= 0.6 is 0 Å². The minimum Gasteiger partial charge on any atom is -0.477 e. The molecule has 7 heteroatoms. The first kappa shape index (κ1) is 14.5. The summed E-state index contributed by atoms with van der Waals surface area (Å²) in [6, 6.07) is 5.39. The monoisotopic (exact) mass is 307 g/mol. The molecule has 0 amide bonds. The average Bonchev–Trinajstić information content (AvgIpc) is 2.51. The van der Waals surface area contributed by atoms with Crippen LogP contribution in [0.1, 0.15) is 12.0 Å². The molecule has 1 aliphatic heterocycles. The predicted molar refractivity (Wildman–Crippen MR) is 77.2 cm³/mol. The lowest BCUT2D eigenvalue weighted by atomic mass is 10.1. The zero-order valence-corrected chi connectivity index (χ0v) is 11.8. The Morgan fingerprint density at radius 3 is 2.95 bits per heavy atom. The van der Waals surface area contributed by atoms with Crippen molar-refractivity contribution in [2.75, 3.05) is 18.5 Å². The quantitative estimate of drug-likeness (QED) is 0.938. The van der Waals surface area contributed by atoms with Gasteiger partial charge in [0.25, 0.3) is 0 Å². The van der Waals surface area contributed by atoms with E-state index in [4.69, 9.17) is 4.74 Å². The molecule has 0 saturated heterocycles. The zero-order chi connectivity index (χ0) is 15.5. The smallest absolute Gasteiger partial charge is 0.352 e. The summed E-state index contributed by atoms with van der Waals surface area (Å²) in [5.74, 6) is -0.839. The summed E-state index contributed by atoms with van der Waals surface area (Å²) in [4.78, 5) is 15.7. The first-order chi connectivity index (χ1) is 10.6. The number of aromatic nitrogens is 2. The SMILES string of the molecule is O=c1nc(OCCc2ccc(F)c(F)c2)cc2n1CCCN2. The van der Waals surface area contributed by atoms with Crippen molar-refractivity contribution in [3.05, 3.63) is 51.9 Å². The normalized spacial score (nSPS) is 13.4. The molecule has 0 atom stereocenters. The Morgan fingerprint density at radius 1 is 1.27 bits per heavy atom. The van der Waals surface area contributed by atoms with Gasteiger partial charge in [0.15, 0.2) is 11.6 Å². The second kappa shape index (κ2) is 6.13. The zero-order valence-electron chi connectivity index (χ0n) is 11.8. The highest BCUT2D eigenvalue weighted by Gasteiger charge is 2.12. The van der Waals surface area contributed by atoms with E-state index in [1.807, 2.05) is 0 Å². The Kier molecular flexibility index (Phi) is 4.04. The molecule has 5 nitrogen and oxygen atoms in total. The van der Waals surface area contributed by atoms with Crippen molar-refractivity contribution >= 4 is 5.82 Å². The van der Waals surface area contributed by atoms with Gasteiger partial charge in [-0.25, -0.2) is 13.6 Å². The molecule has 0 bridgehead atoms. The van der Waals surface area contributed by atoms with Crippen molar-refractivity contribution in [2.45, 2.75) is 19.4 Å². The van der Waals surface area contributed by atoms with E-state index in [-0.39, 0.29) is 18.2 Å². The van der Waals surface area contributed by atoms with Crippen LogP contribution in [-0.2, 0) is 13.0 Å². The number of ether oxygens (including phenoxy) is 1. The van der Waals surface area contributed by atoms with E-state index >= 15 is 0 Å². The van der Waals surface area contributed by atoms with Gasteiger partial charge < -0.3 is 10.1 Å². The van der Waals surface area contributed by atoms with Crippen molar-refractivity contribution < 1.29 is 13.5 Å². The molecule has 116 valence electrons. The summed E-state index contributed by atoms with van der Waals surface area (Å²) < 4.78 is 32.9. The maximum absolute atomic E-state index is 13.1. The molecule has 3 rings (SSSR count). The van der Waals surface area contributed by atoms with E-state index in [9.17, 15) is 13.6 Å². The van der Waals surface area contributed by atoms with E-state index in [0.29, 0.717) is 24.3 Å². The molecule has 0 fully saturated rings. The Labute approximate surface area is 125 Å². The third kappa shape index (κ3) is 3.08. The molecule has 1 N–H and O–H groups in total. The summed E-state index contributed by atoms with van der Waals surface area (Å²) in [6.07, 6.45) is 1.27. The fraction of sp³-hybridized carbons (Fsp3) is 0.333. The average molecular weight is 307 g/mol. The third-order valence-corrected chi connectivity index (χ3v) is 3.48. The van der Waals surface area contributed by atoms with Crippen molar-refractivity contribution in [1.82, 2.24) is 9.55 Å². The van der Waals surface area contributed by atoms with Crippen molar-refractivity contribution in [3.63, 3.8) is 0 Å². The molecule has 0 radical (unpaired) electrons. The van der Waals surface area contributed by atoms with Gasteiger partial charge in [-0.2, -0.15) is 4.98 Å². The number of halogens is 2. The maximum atomic E-state index is 13.1. The minimum atomic E-state index is -0.883. The molecular formula is C15H15F2N3O2. The third-order valence-electron chi connectivity index (χ3n) is 3.48. The van der Waals surface area contributed by atoms with Gasteiger partial charge in [-0.1, -0.05) is 6.07 Å². The number of rotatable bonds is 4. The van der Waals surface area contributed by atoms with Gasteiger partial charge >= 0.3 is 5.69 Å². The Morgan fingerprint density at radius 2 is 2.14 bits per heavy atom. The lowest BCUT2D eigenvalue weighted by molar-refractivity contribution is 0.306. The fourth-order valence-electron chi connectivity index (χ4n) is 2.34. The second-order valence-corrected chi connectivity index (χ2v) is 5.04. The Hall–Kier alpha value is -2.44. The van der Waals surface area contributed by atoms with Gasteiger partial charge in [-0.05, 0) is 24.1 Å². The summed E-state index contributed by atoms with van der Waals surface area (Å²) in [5, 5.41) is 3.12. The number of hydrogen-bond donors (Lipinski definition) is 1. The molecule has 0 spiro atoms. The first-order valence-corrected chi connectivity index (χ1v) is 7.06. The van der Waals surface area contributed by atoms with Crippen LogP contribution in [0, 0.1) is 11.6 Å². The highest BCUT2D eigenvalue weighted by Crippen LogP contribution is 2.16. The van der Waals surface area contributed by atoms with Crippen LogP contribution in [0.2, 0.25) is 0 Å². The molecule has 0 saturated carbocycles. The van der Waals surface area contributed by atoms with Crippen LogP contribution in [0.5, 0.6) is 5.88 Å². The molecule has 22 heavy (non-hydrogen) atoms. The maximum Gasteiger partial charge on any atom is 0.352 e. The number of nitrogens with zero attached hydrogens (tertiary/aromatic N) is 2. The fourth-order valence-corrected chi connectivity index (χ4v) is 2.34. The number of fused-ring (bicyclic) bond motifs is 1. The standard InChI is InChI=1S/C15H15F2N3O2/c16-11-3-2-10(8-12(11)17)4-7-22-14-9-13-18-5-1-6-20(13)15(21)19-14/h2-3,8-9,18H,1,4-7H2. The van der Waals surface area contributed by atoms with Crippen LogP contribution in [0.4, 0.5) is 14.6 Å². The number of hydrogen-bond acceptors (Lipinski definition) is 4. The van der Waals surface area contributed by atoms with Gasteiger partial charge in [0.05, 0.1) is 6.61 Å². The van der Waals surface area contributed by atoms with Gasteiger partial charge in [0.1, 0.15) is 5.82 Å². The van der Waals surface area contributed by atoms with E-state index in [1.54, 1.807) is 10.6 Å². The van der Waals surface area contributed by atoms with E-state index in [2.05, 4.69) is 10.3 Å². The van der Waals surface area contributed by atoms with E-state index < -0.39 is 11.6 Å². The van der Waals surface area contributed by atoms with Crippen LogP contribution in [-0.4, -0.2) is 22.7 Å². The number of anilines is 1. The molecule has 1 aromatic carbocycles. The van der Waals surface area contributed by atoms with E-state index in [1.165, 1.54) is 6.07 Å². The van der Waals surface area contributed by atoms with Crippen molar-refractivity contribution in [3.8, 4) is 5.88 Å². The summed E-state index contributed by atoms with van der Waals surface area (Å²) in [6.45, 7) is 1.67. The lowest BCUT2D eigenvalue weighted by Gasteiger charge is -2.19. The molecule has 1 aliphatic rings. The largest absolute Gasteiger partial charge is 0.477 e. The molecule has 2 aromatic rings. The summed E-state index contributed by atoms with van der Waals surface area (Å²) >= 11 is 0. The topological polar surface area (TPSA) is 56.1 Å². The highest BCUT2D eigenvalue weighted by atomic mass is 19.2. The molecule has 0 unspecified atom stereocenters. The van der Waals surface area contributed by atoms with Crippen molar-refractivity contribution in [1.29, 1.82) is 0 Å². The van der Waals surface area contributed by atoms with E-state index in [0.717, 1.165) is 25.1 Å². The highest BCUT2D eigenvalue weighted by molar-refractivity contribution is 5.39. The first-order valence-electron chi connectivity index (χ1n) is 7.06. The van der Waals surface area contributed by atoms with Crippen LogP contribution < -0.4 is 15.7 Å². The second-order valence-electron chi connectivity index (χ2n) is 5.04. The molecule has 0 aliphatic carbocycles. The number of benzene rings is 1. The predicted octanol–water partition coefficient (Wildman–Crippen LogP) is 1.96. The van der Waals surface area contributed by atoms with Gasteiger partial charge in [-0.3, -0.25) is 4.57 Å². The molecule has 2 heterocycles. The summed E-state index contributed by atoms with van der Waals surface area (Å²) in [5.41, 5.74) is 0.263. The Balaban J connectivity index is 1.65. The van der Waals surface area contributed by atoms with Crippen molar-refractivity contribution in [2.24, 2.45) is 0 Å². The van der Waals surface area contributed by atoms with Crippen LogP contribution in [0.15, 0.2) is 29.1 Å². The van der Waals surface area contributed by atoms with Gasteiger partial charge in [0.2, 0.25) is 5.88 Å².